The lowest BCUT2D eigenvalue weighted by molar-refractivity contribution is 0.193. The number of hydrogen-bond acceptors (Lipinski definition) is 11. The summed E-state index contributed by atoms with van der Waals surface area (Å²) in [6.07, 6.45) is -1.35. The summed E-state index contributed by atoms with van der Waals surface area (Å²) in [6, 6.07) is 22.5. The van der Waals surface area contributed by atoms with Gasteiger partial charge in [0.2, 0.25) is 25.9 Å². The van der Waals surface area contributed by atoms with Gasteiger partial charge < -0.3 is 24.6 Å². The fourth-order valence-corrected chi connectivity index (χ4v) is 9.88. The van der Waals surface area contributed by atoms with Crippen molar-refractivity contribution in [2.45, 2.75) is 42.4 Å². The van der Waals surface area contributed by atoms with Crippen molar-refractivity contribution in [3.8, 4) is 28.6 Å². The minimum atomic E-state index is -4.76. The summed E-state index contributed by atoms with van der Waals surface area (Å²) in [5, 5.41) is 24.1. The standard InChI is InChI=1S/C35H38IN7O9S2/c1-23(19-37-35(44)45)40-53(46,47)31-18-17-30(36)32(34-38-41-43(39-34)22-26-9-15-29(52-4)16-10-26)33(31)54(48,49)42(20-24-5-11-27(50-2)12-6-24)21-25-7-13-28(51-3)14-8-25/h5-18,23,37,40H,19-22H2,1-4H3,(H,44,45)/t23-/m1/s1. The van der Waals surface area contributed by atoms with Crippen LogP contribution >= 0.6 is 22.6 Å². The Hall–Kier alpha value is -4.83. The normalized spacial score (nSPS) is 12.3. The number of ether oxygens (including phenoxy) is 3. The van der Waals surface area contributed by atoms with Gasteiger partial charge >= 0.3 is 6.09 Å². The molecule has 0 unspecified atom stereocenters. The van der Waals surface area contributed by atoms with Crippen LogP contribution in [0.15, 0.2) is 94.7 Å². The Morgan fingerprint density at radius 1 is 0.815 bits per heavy atom. The van der Waals surface area contributed by atoms with E-state index in [0.717, 1.165) is 5.56 Å². The molecule has 0 saturated heterocycles. The zero-order valence-corrected chi connectivity index (χ0v) is 33.4. The van der Waals surface area contributed by atoms with Crippen LogP contribution in [0.3, 0.4) is 0 Å². The summed E-state index contributed by atoms with van der Waals surface area (Å²) >= 11 is 1.92. The van der Waals surface area contributed by atoms with E-state index in [2.05, 4.69) is 25.4 Å². The van der Waals surface area contributed by atoms with E-state index in [1.54, 1.807) is 67.8 Å². The molecule has 0 saturated carbocycles. The molecule has 0 bridgehead atoms. The van der Waals surface area contributed by atoms with E-state index in [-0.39, 0.29) is 37.6 Å². The van der Waals surface area contributed by atoms with Crippen LogP contribution < -0.4 is 24.2 Å². The second-order valence-electron chi connectivity index (χ2n) is 11.9. The van der Waals surface area contributed by atoms with E-state index < -0.39 is 42.0 Å². The van der Waals surface area contributed by atoms with Crippen molar-refractivity contribution in [2.75, 3.05) is 27.9 Å². The molecule has 5 rings (SSSR count). The Bertz CT molecular complexity index is 2240. The highest BCUT2D eigenvalue weighted by molar-refractivity contribution is 14.1. The quantitative estimate of drug-likeness (QED) is 0.112. The highest BCUT2D eigenvalue weighted by Gasteiger charge is 2.37. The molecule has 54 heavy (non-hydrogen) atoms. The van der Waals surface area contributed by atoms with Crippen LogP contribution in [0.25, 0.3) is 11.4 Å². The molecule has 0 aliphatic carbocycles. The van der Waals surface area contributed by atoms with Gasteiger partial charge in [0.05, 0.1) is 33.4 Å². The number of sulfonamides is 2. The fourth-order valence-electron chi connectivity index (χ4n) is 5.35. The Labute approximate surface area is 326 Å². The van der Waals surface area contributed by atoms with Crippen LogP contribution in [-0.2, 0) is 39.7 Å². The Balaban J connectivity index is 1.68. The number of benzene rings is 4. The van der Waals surface area contributed by atoms with Gasteiger partial charge in [-0.25, -0.2) is 26.4 Å². The van der Waals surface area contributed by atoms with Crippen LogP contribution in [-0.4, -0.2) is 86.5 Å². The molecule has 0 aliphatic rings. The lowest BCUT2D eigenvalue weighted by atomic mass is 10.2. The molecule has 0 spiro atoms. The number of amides is 1. The predicted molar refractivity (Wildman–Crippen MR) is 206 cm³/mol. The summed E-state index contributed by atoms with van der Waals surface area (Å²) in [6.45, 7) is 1.02. The number of nitrogens with zero attached hydrogens (tertiary/aromatic N) is 5. The van der Waals surface area contributed by atoms with Gasteiger partial charge in [-0.1, -0.05) is 36.4 Å². The first-order valence-electron chi connectivity index (χ1n) is 16.2. The smallest absolute Gasteiger partial charge is 0.404 e. The van der Waals surface area contributed by atoms with Gasteiger partial charge in [0, 0.05) is 29.2 Å². The number of tetrazole rings is 1. The van der Waals surface area contributed by atoms with Crippen molar-refractivity contribution in [1.29, 1.82) is 0 Å². The number of hydrogen-bond donors (Lipinski definition) is 3. The number of carbonyl (C=O) groups is 1. The number of nitrogens with one attached hydrogen (secondary N) is 2. The van der Waals surface area contributed by atoms with Gasteiger partial charge in [0.1, 0.15) is 27.0 Å². The van der Waals surface area contributed by atoms with Gasteiger partial charge in [-0.15, -0.1) is 10.2 Å². The summed E-state index contributed by atoms with van der Waals surface area (Å²) in [4.78, 5) is 11.3. The van der Waals surface area contributed by atoms with Gasteiger partial charge in [0.15, 0.2) is 0 Å². The molecule has 0 radical (unpaired) electrons. The van der Waals surface area contributed by atoms with Crippen LogP contribution in [0.4, 0.5) is 4.79 Å². The number of carboxylic acid groups (broad SMARTS) is 1. The van der Waals surface area contributed by atoms with E-state index in [9.17, 15) is 13.2 Å². The minimum absolute atomic E-state index is 0.0785. The van der Waals surface area contributed by atoms with E-state index in [0.29, 0.717) is 31.9 Å². The van der Waals surface area contributed by atoms with Crippen molar-refractivity contribution in [3.05, 3.63) is 105 Å². The second kappa shape index (κ2) is 17.5. The molecule has 16 nitrogen and oxygen atoms in total. The van der Waals surface area contributed by atoms with Gasteiger partial charge in [-0.2, -0.15) is 9.10 Å². The van der Waals surface area contributed by atoms with Crippen LogP contribution in [0.1, 0.15) is 23.6 Å². The molecule has 286 valence electrons. The van der Waals surface area contributed by atoms with Crippen LogP contribution in [0, 0.1) is 3.57 Å². The molecule has 5 aromatic rings. The van der Waals surface area contributed by atoms with Crippen LogP contribution in [0.2, 0.25) is 0 Å². The molecule has 0 fully saturated rings. The van der Waals surface area contributed by atoms with Crippen molar-refractivity contribution >= 4 is 48.7 Å². The molecule has 1 atom stereocenters. The van der Waals surface area contributed by atoms with Crippen molar-refractivity contribution in [3.63, 3.8) is 0 Å². The SMILES string of the molecule is COc1ccc(CN(Cc2ccc(OC)cc2)S(=O)(=O)c2c(S(=O)(=O)N[C@H](C)CNC(=O)O)ccc(I)c2-c2nnn(Cc3ccc(OC)cc3)n2)cc1. The highest BCUT2D eigenvalue weighted by atomic mass is 127. The molecule has 1 amide bonds. The molecule has 0 aliphatic heterocycles. The third-order valence-corrected chi connectivity index (χ3v) is 12.6. The summed E-state index contributed by atoms with van der Waals surface area (Å²) < 4.78 is 78.6. The summed E-state index contributed by atoms with van der Waals surface area (Å²) in [5.41, 5.74) is 1.92. The maximum atomic E-state index is 15.3. The first-order valence-corrected chi connectivity index (χ1v) is 20.2. The van der Waals surface area contributed by atoms with Crippen LogP contribution in [0.5, 0.6) is 17.2 Å². The molecule has 4 aromatic carbocycles. The number of halogens is 1. The molecular weight excluding hydrogens is 853 g/mol. The largest absolute Gasteiger partial charge is 0.497 e. The Morgan fingerprint density at radius 3 is 1.80 bits per heavy atom. The number of rotatable bonds is 17. The van der Waals surface area contributed by atoms with Gasteiger partial charge in [-0.05, 0) is 99.9 Å². The third-order valence-electron chi connectivity index (χ3n) is 8.07. The molecular formula is C35H38IN7O9S2. The fraction of sp³-hybridized carbons (Fsp3) is 0.257. The molecule has 3 N–H and O–H groups in total. The minimum Gasteiger partial charge on any atom is -0.497 e. The zero-order chi connectivity index (χ0) is 39.0. The van der Waals surface area contributed by atoms with Crippen molar-refractivity contribution in [1.82, 2.24) is 34.6 Å². The predicted octanol–water partition coefficient (Wildman–Crippen LogP) is 4.34. The average molecular weight is 892 g/mol. The third kappa shape index (κ3) is 9.82. The molecule has 19 heteroatoms. The van der Waals surface area contributed by atoms with Crippen molar-refractivity contribution in [2.24, 2.45) is 0 Å². The van der Waals surface area contributed by atoms with Crippen molar-refractivity contribution < 1.29 is 40.9 Å². The molecule has 1 aromatic heterocycles. The lowest BCUT2D eigenvalue weighted by Crippen LogP contribution is -2.42. The maximum Gasteiger partial charge on any atom is 0.404 e. The first kappa shape index (κ1) is 40.4. The van der Waals surface area contributed by atoms with Gasteiger partial charge in [0.25, 0.3) is 0 Å². The highest BCUT2D eigenvalue weighted by Crippen LogP contribution is 2.38. The first-order chi connectivity index (χ1) is 25.7. The maximum absolute atomic E-state index is 15.3. The Morgan fingerprint density at radius 2 is 1.31 bits per heavy atom. The monoisotopic (exact) mass is 891 g/mol. The average Bonchev–Trinajstić information content (AvgIpc) is 3.62. The Kier molecular flexibility index (Phi) is 13.1. The topological polar surface area (TPSA) is 204 Å². The zero-order valence-electron chi connectivity index (χ0n) is 29.6. The lowest BCUT2D eigenvalue weighted by Gasteiger charge is -2.26. The summed E-state index contributed by atoms with van der Waals surface area (Å²) in [5.74, 6) is 1.66. The van der Waals surface area contributed by atoms with E-state index in [4.69, 9.17) is 19.3 Å². The number of aromatic nitrogens is 4. The summed E-state index contributed by atoms with van der Waals surface area (Å²) in [7, 11) is -4.80. The second-order valence-corrected chi connectivity index (χ2v) is 16.6. The van der Waals surface area contributed by atoms with E-state index in [1.807, 2.05) is 34.7 Å². The van der Waals surface area contributed by atoms with E-state index >= 15 is 8.42 Å². The van der Waals surface area contributed by atoms with Gasteiger partial charge in [-0.3, -0.25) is 0 Å². The van der Waals surface area contributed by atoms with E-state index in [1.165, 1.54) is 42.4 Å². The molecule has 1 heterocycles. The number of methoxy groups -OCH3 is 3.